The zero-order valence-electron chi connectivity index (χ0n) is 17.6. The molecule has 1 saturated heterocycles. The molecule has 0 spiro atoms. The maximum atomic E-state index is 14.0. The molecule has 2 N–H and O–H groups in total. The molecule has 1 aromatic heterocycles. The number of nitrogens with one attached hydrogen (secondary N) is 2. The summed E-state index contributed by atoms with van der Waals surface area (Å²) in [7, 11) is 0. The first kappa shape index (κ1) is 23.4. The summed E-state index contributed by atoms with van der Waals surface area (Å²) in [4.78, 5) is 10.9. The highest BCUT2D eigenvalue weighted by atomic mass is 127. The number of anilines is 1. The predicted octanol–water partition coefficient (Wildman–Crippen LogP) is 3.33. The van der Waals surface area contributed by atoms with Gasteiger partial charge in [0.15, 0.2) is 29.1 Å². The van der Waals surface area contributed by atoms with Crippen molar-refractivity contribution in [3.05, 3.63) is 47.9 Å². The summed E-state index contributed by atoms with van der Waals surface area (Å²) in [5, 5.41) is 6.77. The number of halogens is 2. The molecule has 4 rings (SSSR count). The second kappa shape index (κ2) is 11.4. The smallest absolute Gasteiger partial charge is 0.191 e. The fourth-order valence-corrected chi connectivity index (χ4v) is 3.74. The summed E-state index contributed by atoms with van der Waals surface area (Å²) in [6.45, 7) is 6.01. The molecule has 2 aliphatic rings. The number of rotatable bonds is 5. The highest BCUT2D eigenvalue weighted by Crippen LogP contribution is 2.33. The Bertz CT molecular complexity index is 898. The third kappa shape index (κ3) is 5.90. The average Bonchev–Trinajstić information content (AvgIpc) is 3.07. The zero-order valence-corrected chi connectivity index (χ0v) is 20.0. The van der Waals surface area contributed by atoms with Crippen molar-refractivity contribution in [2.24, 2.45) is 4.99 Å². The van der Waals surface area contributed by atoms with Gasteiger partial charge in [-0.15, -0.1) is 24.0 Å². The van der Waals surface area contributed by atoms with E-state index < -0.39 is 0 Å². The molecule has 9 heteroatoms. The predicted molar refractivity (Wildman–Crippen MR) is 130 cm³/mol. The van der Waals surface area contributed by atoms with Crippen LogP contribution in [0.25, 0.3) is 0 Å². The van der Waals surface area contributed by atoms with Gasteiger partial charge in [-0.1, -0.05) is 12.1 Å². The molecule has 0 amide bonds. The van der Waals surface area contributed by atoms with Crippen LogP contribution in [0.3, 0.4) is 0 Å². The molecule has 7 nitrogen and oxygen atoms in total. The SMILES string of the molecule is CCNC(=NCc1cccc2c1OCCCO2)NC1CCN(c2ncccc2F)C1.I. The molecule has 0 saturated carbocycles. The number of fused-ring (bicyclic) bond motifs is 1. The lowest BCUT2D eigenvalue weighted by Gasteiger charge is -2.20. The van der Waals surface area contributed by atoms with Crippen molar-refractivity contribution >= 4 is 35.8 Å². The standard InChI is InChI=1S/C22H28FN5O2.HI/c1-2-24-22(26-14-16-6-3-8-19-20(16)30-13-5-12-29-19)27-17-9-11-28(15-17)21-18(23)7-4-10-25-21;/h3-4,6-8,10,17H,2,5,9,11-15H2,1H3,(H2,24,26,27);1H. The Hall–Kier alpha value is -2.30. The van der Waals surface area contributed by atoms with Gasteiger partial charge in [-0.3, -0.25) is 0 Å². The minimum atomic E-state index is -0.286. The first-order valence-corrected chi connectivity index (χ1v) is 10.5. The van der Waals surface area contributed by atoms with Gasteiger partial charge in [0, 0.05) is 43.9 Å². The highest BCUT2D eigenvalue weighted by Gasteiger charge is 2.26. The molecule has 0 bridgehead atoms. The number of aliphatic imine (C=N–C) groups is 1. The molecule has 1 unspecified atom stereocenters. The number of pyridine rings is 1. The third-order valence-electron chi connectivity index (χ3n) is 5.17. The largest absolute Gasteiger partial charge is 0.490 e. The van der Waals surface area contributed by atoms with Crippen LogP contribution in [0.4, 0.5) is 10.2 Å². The van der Waals surface area contributed by atoms with Crippen LogP contribution in [0, 0.1) is 5.82 Å². The second-order valence-corrected chi connectivity index (χ2v) is 7.37. The topological polar surface area (TPSA) is 71.0 Å². The highest BCUT2D eigenvalue weighted by molar-refractivity contribution is 14.0. The Kier molecular flexibility index (Phi) is 8.56. The third-order valence-corrected chi connectivity index (χ3v) is 5.17. The van der Waals surface area contributed by atoms with Crippen LogP contribution in [0.15, 0.2) is 41.5 Å². The lowest BCUT2D eigenvalue weighted by molar-refractivity contribution is 0.296. The molecule has 31 heavy (non-hydrogen) atoms. The number of nitrogens with zero attached hydrogens (tertiary/aromatic N) is 3. The van der Waals surface area contributed by atoms with Gasteiger partial charge in [0.05, 0.1) is 19.8 Å². The minimum Gasteiger partial charge on any atom is -0.490 e. The van der Waals surface area contributed by atoms with E-state index in [9.17, 15) is 4.39 Å². The van der Waals surface area contributed by atoms with Crippen molar-refractivity contribution in [3.8, 4) is 11.5 Å². The fraction of sp³-hybridized carbons (Fsp3) is 0.455. The summed E-state index contributed by atoms with van der Waals surface area (Å²) in [6.07, 6.45) is 3.38. The van der Waals surface area contributed by atoms with Gasteiger partial charge in [-0.2, -0.15) is 0 Å². The summed E-state index contributed by atoms with van der Waals surface area (Å²) in [5.74, 6) is 2.42. The second-order valence-electron chi connectivity index (χ2n) is 7.37. The molecule has 0 aliphatic carbocycles. The lowest BCUT2D eigenvalue weighted by Crippen LogP contribution is -2.44. The van der Waals surface area contributed by atoms with Crippen molar-refractivity contribution in [2.75, 3.05) is 37.7 Å². The van der Waals surface area contributed by atoms with E-state index in [0.29, 0.717) is 32.1 Å². The van der Waals surface area contributed by atoms with E-state index in [1.165, 1.54) is 6.07 Å². The van der Waals surface area contributed by atoms with Gasteiger partial charge in [0.25, 0.3) is 0 Å². The van der Waals surface area contributed by atoms with Crippen LogP contribution in [0.2, 0.25) is 0 Å². The Balaban J connectivity index is 0.00000272. The lowest BCUT2D eigenvalue weighted by atomic mass is 10.2. The van der Waals surface area contributed by atoms with Crippen LogP contribution in [-0.4, -0.2) is 49.8 Å². The number of benzene rings is 1. The van der Waals surface area contributed by atoms with Crippen molar-refractivity contribution < 1.29 is 13.9 Å². The summed E-state index contributed by atoms with van der Waals surface area (Å²) in [5.41, 5.74) is 0.996. The van der Waals surface area contributed by atoms with Crippen LogP contribution in [0.1, 0.15) is 25.3 Å². The van der Waals surface area contributed by atoms with E-state index >= 15 is 0 Å². The average molecular weight is 541 g/mol. The van der Waals surface area contributed by atoms with Gasteiger partial charge in [0.2, 0.25) is 0 Å². The zero-order chi connectivity index (χ0) is 20.8. The number of hydrogen-bond acceptors (Lipinski definition) is 5. The summed E-state index contributed by atoms with van der Waals surface area (Å²) in [6, 6.07) is 9.14. The van der Waals surface area contributed by atoms with E-state index in [1.807, 2.05) is 30.0 Å². The fourth-order valence-electron chi connectivity index (χ4n) is 3.74. The van der Waals surface area contributed by atoms with Crippen molar-refractivity contribution in [1.29, 1.82) is 0 Å². The Morgan fingerprint density at radius 3 is 2.97 bits per heavy atom. The summed E-state index contributed by atoms with van der Waals surface area (Å²) >= 11 is 0. The van der Waals surface area contributed by atoms with E-state index in [0.717, 1.165) is 49.0 Å². The number of aromatic nitrogens is 1. The molecule has 1 fully saturated rings. The van der Waals surface area contributed by atoms with Gasteiger partial charge >= 0.3 is 0 Å². The van der Waals surface area contributed by atoms with Gasteiger partial charge < -0.3 is 25.0 Å². The normalized spacial score (nSPS) is 18.2. The number of ether oxygens (including phenoxy) is 2. The first-order chi connectivity index (χ1) is 14.7. The van der Waals surface area contributed by atoms with Crippen molar-refractivity contribution in [1.82, 2.24) is 15.6 Å². The van der Waals surface area contributed by atoms with E-state index in [1.54, 1.807) is 12.3 Å². The number of para-hydroxylation sites is 1. The van der Waals surface area contributed by atoms with Crippen LogP contribution < -0.4 is 25.0 Å². The van der Waals surface area contributed by atoms with E-state index in [-0.39, 0.29) is 35.8 Å². The molecular weight excluding hydrogens is 512 g/mol. The van der Waals surface area contributed by atoms with Crippen LogP contribution >= 0.6 is 24.0 Å². The molecule has 1 aromatic carbocycles. The molecule has 2 aliphatic heterocycles. The van der Waals surface area contributed by atoms with Crippen molar-refractivity contribution in [2.45, 2.75) is 32.4 Å². The number of hydrogen-bond donors (Lipinski definition) is 2. The Morgan fingerprint density at radius 1 is 1.26 bits per heavy atom. The maximum absolute atomic E-state index is 14.0. The van der Waals surface area contributed by atoms with Gasteiger partial charge in [-0.05, 0) is 31.5 Å². The minimum absolute atomic E-state index is 0. The van der Waals surface area contributed by atoms with Gasteiger partial charge in [-0.25, -0.2) is 14.4 Å². The van der Waals surface area contributed by atoms with Crippen LogP contribution in [-0.2, 0) is 6.54 Å². The van der Waals surface area contributed by atoms with E-state index in [4.69, 9.17) is 14.5 Å². The molecular formula is C22H29FIN5O2. The molecule has 0 radical (unpaired) electrons. The van der Waals surface area contributed by atoms with E-state index in [2.05, 4.69) is 15.6 Å². The van der Waals surface area contributed by atoms with Crippen molar-refractivity contribution in [3.63, 3.8) is 0 Å². The molecule has 3 heterocycles. The summed E-state index contributed by atoms with van der Waals surface area (Å²) < 4.78 is 25.7. The number of guanidine groups is 1. The Morgan fingerprint density at radius 2 is 2.13 bits per heavy atom. The van der Waals surface area contributed by atoms with Gasteiger partial charge in [0.1, 0.15) is 0 Å². The quantitative estimate of drug-likeness (QED) is 0.344. The molecule has 1 atom stereocenters. The monoisotopic (exact) mass is 541 g/mol. The maximum Gasteiger partial charge on any atom is 0.191 e. The van der Waals surface area contributed by atoms with Crippen LogP contribution in [0.5, 0.6) is 11.5 Å². The first-order valence-electron chi connectivity index (χ1n) is 10.5. The molecule has 2 aromatic rings. The molecule has 168 valence electrons. The Labute approximate surface area is 199 Å².